The molecule has 28 heavy (non-hydrogen) atoms. The van der Waals surface area contributed by atoms with Gasteiger partial charge in [0.05, 0.1) is 17.1 Å². The standard InChI is InChI=1S/C21H32N4O.2ClH/c1-4-14(2)20(21-23-17-7-5-6-8-18(17)24-21)25-19(26)13-15(3)16-9-11-22-12-10-16;;/h5-8,14-16,20,22H,4,9-13H2,1-3H3,(H,23,24)(H,25,26);2*1H. The molecule has 3 rings (SSSR count). The molecule has 3 unspecified atom stereocenters. The predicted molar refractivity (Wildman–Crippen MR) is 120 cm³/mol. The average Bonchev–Trinajstić information content (AvgIpc) is 3.10. The maximum Gasteiger partial charge on any atom is 0.220 e. The van der Waals surface area contributed by atoms with Gasteiger partial charge in [0.25, 0.3) is 0 Å². The molecule has 1 aromatic carbocycles. The van der Waals surface area contributed by atoms with Crippen LogP contribution in [0.3, 0.4) is 0 Å². The number of para-hydroxylation sites is 2. The van der Waals surface area contributed by atoms with Crippen molar-refractivity contribution in [1.29, 1.82) is 0 Å². The van der Waals surface area contributed by atoms with Gasteiger partial charge >= 0.3 is 0 Å². The molecule has 0 bridgehead atoms. The predicted octanol–water partition coefficient (Wildman–Crippen LogP) is 4.64. The second-order valence-corrected chi connectivity index (χ2v) is 7.84. The number of benzene rings is 1. The first-order valence-corrected chi connectivity index (χ1v) is 10.0. The Kier molecular flexibility index (Phi) is 10.3. The van der Waals surface area contributed by atoms with Gasteiger partial charge in [-0.25, -0.2) is 4.98 Å². The molecule has 3 N–H and O–H groups in total. The van der Waals surface area contributed by atoms with Crippen LogP contribution in [0.15, 0.2) is 24.3 Å². The van der Waals surface area contributed by atoms with Crippen molar-refractivity contribution in [2.45, 2.75) is 52.5 Å². The Morgan fingerprint density at radius 2 is 1.89 bits per heavy atom. The van der Waals surface area contributed by atoms with Crippen LogP contribution in [0.4, 0.5) is 0 Å². The molecule has 0 radical (unpaired) electrons. The van der Waals surface area contributed by atoms with Crippen LogP contribution < -0.4 is 10.6 Å². The highest BCUT2D eigenvalue weighted by Crippen LogP contribution is 2.27. The van der Waals surface area contributed by atoms with Gasteiger partial charge < -0.3 is 15.6 Å². The number of nitrogens with one attached hydrogen (secondary N) is 3. The molecule has 1 fully saturated rings. The first-order chi connectivity index (χ1) is 12.6. The largest absolute Gasteiger partial charge is 0.346 e. The number of nitrogens with zero attached hydrogens (tertiary/aromatic N) is 1. The minimum atomic E-state index is -0.0693. The third-order valence-corrected chi connectivity index (χ3v) is 5.93. The number of hydrogen-bond acceptors (Lipinski definition) is 3. The van der Waals surface area contributed by atoms with E-state index in [0.29, 0.717) is 24.2 Å². The summed E-state index contributed by atoms with van der Waals surface area (Å²) >= 11 is 0. The molecule has 0 saturated carbocycles. The minimum absolute atomic E-state index is 0. The van der Waals surface area contributed by atoms with Crippen LogP contribution in [0.1, 0.15) is 58.3 Å². The number of imidazole rings is 1. The van der Waals surface area contributed by atoms with E-state index in [9.17, 15) is 4.79 Å². The molecule has 5 nitrogen and oxygen atoms in total. The summed E-state index contributed by atoms with van der Waals surface area (Å²) in [7, 11) is 0. The molecule has 1 aliphatic rings. The van der Waals surface area contributed by atoms with Gasteiger partial charge in [0.2, 0.25) is 5.91 Å². The molecular weight excluding hydrogens is 395 g/mol. The lowest BCUT2D eigenvalue weighted by atomic mass is 9.84. The van der Waals surface area contributed by atoms with E-state index < -0.39 is 0 Å². The zero-order chi connectivity index (χ0) is 18.5. The number of piperidine rings is 1. The van der Waals surface area contributed by atoms with Crippen molar-refractivity contribution < 1.29 is 4.79 Å². The summed E-state index contributed by atoms with van der Waals surface area (Å²) < 4.78 is 0. The quantitative estimate of drug-likeness (QED) is 0.601. The first-order valence-electron chi connectivity index (χ1n) is 10.0. The minimum Gasteiger partial charge on any atom is -0.346 e. The maximum absolute atomic E-state index is 12.7. The van der Waals surface area contributed by atoms with Crippen molar-refractivity contribution in [1.82, 2.24) is 20.6 Å². The van der Waals surface area contributed by atoms with Crippen LogP contribution in [0.2, 0.25) is 0 Å². The number of H-pyrrole nitrogens is 1. The van der Waals surface area contributed by atoms with Gasteiger partial charge in [-0.1, -0.05) is 39.3 Å². The van der Waals surface area contributed by atoms with E-state index in [-0.39, 0.29) is 36.8 Å². The van der Waals surface area contributed by atoms with Gasteiger partial charge in [0.15, 0.2) is 0 Å². The van der Waals surface area contributed by atoms with Crippen molar-refractivity contribution in [2.24, 2.45) is 17.8 Å². The molecular formula is C21H34Cl2N4O. The Labute approximate surface area is 180 Å². The summed E-state index contributed by atoms with van der Waals surface area (Å²) in [5.74, 6) is 2.40. The van der Waals surface area contributed by atoms with Crippen LogP contribution >= 0.6 is 24.8 Å². The topological polar surface area (TPSA) is 69.8 Å². The van der Waals surface area contributed by atoms with Crippen molar-refractivity contribution >= 4 is 41.8 Å². The van der Waals surface area contributed by atoms with Crippen LogP contribution in [0, 0.1) is 17.8 Å². The monoisotopic (exact) mass is 428 g/mol. The number of aromatic nitrogens is 2. The lowest BCUT2D eigenvalue weighted by molar-refractivity contribution is -0.123. The molecule has 1 amide bonds. The number of fused-ring (bicyclic) bond motifs is 1. The van der Waals surface area contributed by atoms with Crippen LogP contribution in [0.5, 0.6) is 0 Å². The van der Waals surface area contributed by atoms with Crippen molar-refractivity contribution in [3.8, 4) is 0 Å². The van der Waals surface area contributed by atoms with E-state index in [1.54, 1.807) is 0 Å². The number of halogens is 2. The second-order valence-electron chi connectivity index (χ2n) is 7.84. The Balaban J connectivity index is 0.00000196. The third kappa shape index (κ3) is 6.10. The molecule has 0 spiro atoms. The van der Waals surface area contributed by atoms with E-state index >= 15 is 0 Å². The Hall–Kier alpha value is -1.30. The number of amides is 1. The van der Waals surface area contributed by atoms with Gasteiger partial charge in [0.1, 0.15) is 5.82 Å². The smallest absolute Gasteiger partial charge is 0.220 e. The van der Waals surface area contributed by atoms with Crippen LogP contribution in [-0.2, 0) is 4.79 Å². The van der Waals surface area contributed by atoms with Crippen molar-refractivity contribution in [2.75, 3.05) is 13.1 Å². The molecule has 3 atom stereocenters. The number of hydrogen-bond donors (Lipinski definition) is 3. The molecule has 158 valence electrons. The van der Waals surface area contributed by atoms with Crippen molar-refractivity contribution in [3.05, 3.63) is 30.1 Å². The Morgan fingerprint density at radius 1 is 1.21 bits per heavy atom. The third-order valence-electron chi connectivity index (χ3n) is 5.93. The average molecular weight is 429 g/mol. The van der Waals surface area contributed by atoms with E-state index in [0.717, 1.165) is 36.4 Å². The highest BCUT2D eigenvalue weighted by Gasteiger charge is 2.26. The number of aromatic amines is 1. The van der Waals surface area contributed by atoms with Gasteiger partial charge in [0, 0.05) is 6.42 Å². The molecule has 1 aromatic heterocycles. The fraction of sp³-hybridized carbons (Fsp3) is 0.619. The van der Waals surface area contributed by atoms with Gasteiger partial charge in [-0.05, 0) is 55.8 Å². The van der Waals surface area contributed by atoms with Crippen molar-refractivity contribution in [3.63, 3.8) is 0 Å². The Bertz CT molecular complexity index is 697. The van der Waals surface area contributed by atoms with E-state index in [2.05, 4.69) is 36.4 Å². The number of carbonyl (C=O) groups excluding carboxylic acids is 1. The molecule has 0 aliphatic carbocycles. The summed E-state index contributed by atoms with van der Waals surface area (Å²) in [6.45, 7) is 8.70. The molecule has 7 heteroatoms. The zero-order valence-corrected chi connectivity index (χ0v) is 18.7. The molecule has 1 aliphatic heterocycles. The first kappa shape index (κ1) is 24.7. The van der Waals surface area contributed by atoms with E-state index in [1.807, 2.05) is 24.3 Å². The van der Waals surface area contributed by atoms with Gasteiger partial charge in [-0.2, -0.15) is 0 Å². The summed E-state index contributed by atoms with van der Waals surface area (Å²) in [6.07, 6.45) is 3.93. The number of rotatable bonds is 7. The van der Waals surface area contributed by atoms with Crippen LogP contribution in [-0.4, -0.2) is 29.0 Å². The fourth-order valence-electron chi connectivity index (χ4n) is 3.94. The highest BCUT2D eigenvalue weighted by atomic mass is 35.5. The summed E-state index contributed by atoms with van der Waals surface area (Å²) in [4.78, 5) is 20.9. The zero-order valence-electron chi connectivity index (χ0n) is 17.0. The van der Waals surface area contributed by atoms with Gasteiger partial charge in [-0.3, -0.25) is 4.79 Å². The molecule has 2 heterocycles. The van der Waals surface area contributed by atoms with Gasteiger partial charge in [-0.15, -0.1) is 24.8 Å². The molecule has 1 saturated heterocycles. The number of carbonyl (C=O) groups is 1. The lowest BCUT2D eigenvalue weighted by Gasteiger charge is -2.29. The second kappa shape index (κ2) is 11.6. The normalized spacial score (nSPS) is 17.8. The maximum atomic E-state index is 12.7. The summed E-state index contributed by atoms with van der Waals surface area (Å²) in [5, 5.41) is 6.67. The van der Waals surface area contributed by atoms with E-state index in [4.69, 9.17) is 4.98 Å². The SMILES string of the molecule is CCC(C)C(NC(=O)CC(C)C1CCNCC1)c1nc2ccccc2[nH]1.Cl.Cl. The highest BCUT2D eigenvalue weighted by molar-refractivity contribution is 5.85. The lowest BCUT2D eigenvalue weighted by Crippen LogP contribution is -2.36. The Morgan fingerprint density at radius 3 is 2.54 bits per heavy atom. The fourth-order valence-corrected chi connectivity index (χ4v) is 3.94. The molecule has 2 aromatic rings. The summed E-state index contributed by atoms with van der Waals surface area (Å²) in [6, 6.07) is 7.96. The summed E-state index contributed by atoms with van der Waals surface area (Å²) in [5.41, 5.74) is 1.97. The van der Waals surface area contributed by atoms with E-state index in [1.165, 1.54) is 12.8 Å². The van der Waals surface area contributed by atoms with Crippen LogP contribution in [0.25, 0.3) is 11.0 Å².